The molecule has 3 unspecified atom stereocenters. The maximum atomic E-state index is 10.7. The molecule has 0 saturated carbocycles. The molecule has 1 fully saturated rings. The highest BCUT2D eigenvalue weighted by molar-refractivity contribution is 5.78. The number of rotatable bonds is 4. The van der Waals surface area contributed by atoms with Crippen molar-refractivity contribution in [3.8, 4) is 0 Å². The van der Waals surface area contributed by atoms with Crippen molar-refractivity contribution >= 4 is 11.9 Å². The average Bonchev–Trinajstić information content (AvgIpc) is 2.18. The Hall–Kier alpha value is -1.14. The van der Waals surface area contributed by atoms with Gasteiger partial charge >= 0.3 is 5.97 Å². The lowest BCUT2D eigenvalue weighted by Crippen LogP contribution is -2.46. The Morgan fingerprint density at radius 2 is 2.20 bits per heavy atom. The fourth-order valence-electron chi connectivity index (χ4n) is 1.55. The number of hydrogen-bond donors (Lipinski definition) is 3. The fraction of sp³-hybridized carbons (Fsp3) is 0.778. The predicted molar refractivity (Wildman–Crippen MR) is 52.1 cm³/mol. The van der Waals surface area contributed by atoms with Crippen molar-refractivity contribution in [1.29, 1.82) is 0 Å². The molecule has 0 radical (unpaired) electrons. The van der Waals surface area contributed by atoms with Crippen molar-refractivity contribution in [3.05, 3.63) is 0 Å². The zero-order chi connectivity index (χ0) is 11.4. The summed E-state index contributed by atoms with van der Waals surface area (Å²) in [6.45, 7) is 2.56. The van der Waals surface area contributed by atoms with Crippen LogP contribution in [-0.2, 0) is 14.3 Å². The first-order chi connectivity index (χ1) is 7.00. The maximum Gasteiger partial charge on any atom is 0.307 e. The lowest BCUT2D eigenvalue weighted by Gasteiger charge is -2.29. The minimum Gasteiger partial charge on any atom is -0.481 e. The highest BCUT2D eigenvalue weighted by atomic mass is 16.5. The number of piperidine rings is 1. The first-order valence-electron chi connectivity index (χ1n) is 4.89. The number of aliphatic carboxylic acids is 1. The van der Waals surface area contributed by atoms with Crippen LogP contribution < -0.4 is 11.1 Å². The van der Waals surface area contributed by atoms with E-state index in [9.17, 15) is 9.59 Å². The van der Waals surface area contributed by atoms with Crippen molar-refractivity contribution < 1.29 is 19.4 Å². The molecule has 1 amide bonds. The minimum atomic E-state index is -0.845. The third-order valence-corrected chi connectivity index (χ3v) is 2.46. The molecule has 0 aliphatic carbocycles. The van der Waals surface area contributed by atoms with Gasteiger partial charge in [0.1, 0.15) is 6.10 Å². The molecule has 15 heavy (non-hydrogen) atoms. The van der Waals surface area contributed by atoms with E-state index < -0.39 is 23.9 Å². The van der Waals surface area contributed by atoms with Crippen LogP contribution in [0.4, 0.5) is 0 Å². The zero-order valence-electron chi connectivity index (χ0n) is 8.60. The van der Waals surface area contributed by atoms with E-state index in [4.69, 9.17) is 15.6 Å². The van der Waals surface area contributed by atoms with Crippen LogP contribution in [0.15, 0.2) is 0 Å². The first-order valence-corrected chi connectivity index (χ1v) is 4.89. The monoisotopic (exact) mass is 216 g/mol. The van der Waals surface area contributed by atoms with Gasteiger partial charge < -0.3 is 20.9 Å². The van der Waals surface area contributed by atoms with Crippen LogP contribution in [0.25, 0.3) is 0 Å². The fourth-order valence-corrected chi connectivity index (χ4v) is 1.55. The van der Waals surface area contributed by atoms with Gasteiger partial charge in [0.15, 0.2) is 0 Å². The minimum absolute atomic E-state index is 0.262. The summed E-state index contributed by atoms with van der Waals surface area (Å²) >= 11 is 0. The predicted octanol–water partition coefficient (Wildman–Crippen LogP) is -1.06. The Bertz CT molecular complexity index is 254. The summed E-state index contributed by atoms with van der Waals surface area (Å²) in [5.41, 5.74) is 5.05. The second-order valence-electron chi connectivity index (χ2n) is 3.73. The Labute approximate surface area is 87.8 Å². The largest absolute Gasteiger partial charge is 0.481 e. The van der Waals surface area contributed by atoms with Crippen molar-refractivity contribution in [1.82, 2.24) is 5.32 Å². The Balaban J connectivity index is 2.43. The molecular weight excluding hydrogens is 200 g/mol. The van der Waals surface area contributed by atoms with E-state index in [-0.39, 0.29) is 6.10 Å². The number of nitrogens with two attached hydrogens (primary N) is 1. The van der Waals surface area contributed by atoms with Crippen LogP contribution in [0, 0.1) is 5.92 Å². The molecule has 3 atom stereocenters. The van der Waals surface area contributed by atoms with Gasteiger partial charge in [0.05, 0.1) is 12.0 Å². The number of nitrogens with one attached hydrogen (secondary N) is 1. The molecule has 1 saturated heterocycles. The molecule has 0 bridgehead atoms. The van der Waals surface area contributed by atoms with Gasteiger partial charge in [0, 0.05) is 13.1 Å². The van der Waals surface area contributed by atoms with Crippen molar-refractivity contribution in [2.75, 3.05) is 13.1 Å². The summed E-state index contributed by atoms with van der Waals surface area (Å²) in [6, 6.07) is 0. The molecule has 4 N–H and O–H groups in total. The molecule has 0 aromatic heterocycles. The van der Waals surface area contributed by atoms with Crippen LogP contribution >= 0.6 is 0 Å². The van der Waals surface area contributed by atoms with Gasteiger partial charge in [-0.3, -0.25) is 9.59 Å². The van der Waals surface area contributed by atoms with Crippen molar-refractivity contribution in [2.24, 2.45) is 11.7 Å². The Morgan fingerprint density at radius 1 is 1.53 bits per heavy atom. The summed E-state index contributed by atoms with van der Waals surface area (Å²) < 4.78 is 5.33. The smallest absolute Gasteiger partial charge is 0.307 e. The van der Waals surface area contributed by atoms with E-state index >= 15 is 0 Å². The van der Waals surface area contributed by atoms with Crippen LogP contribution in [-0.4, -0.2) is 42.3 Å². The maximum absolute atomic E-state index is 10.7. The van der Waals surface area contributed by atoms with Gasteiger partial charge in [0.25, 0.3) is 0 Å². The van der Waals surface area contributed by atoms with Crippen molar-refractivity contribution in [2.45, 2.75) is 25.6 Å². The van der Waals surface area contributed by atoms with Crippen LogP contribution in [0.3, 0.4) is 0 Å². The molecule has 0 spiro atoms. The van der Waals surface area contributed by atoms with Crippen molar-refractivity contribution in [3.63, 3.8) is 0 Å². The van der Waals surface area contributed by atoms with Gasteiger partial charge in [-0.05, 0) is 13.3 Å². The lowest BCUT2D eigenvalue weighted by molar-refractivity contribution is -0.145. The van der Waals surface area contributed by atoms with E-state index in [0.29, 0.717) is 19.5 Å². The molecule has 1 heterocycles. The third-order valence-electron chi connectivity index (χ3n) is 2.46. The molecule has 0 aromatic rings. The molecule has 1 rings (SSSR count). The normalized spacial score (nSPS) is 28.3. The average molecular weight is 216 g/mol. The van der Waals surface area contributed by atoms with Gasteiger partial charge in [-0.15, -0.1) is 0 Å². The highest BCUT2D eigenvalue weighted by Gasteiger charge is 2.28. The third kappa shape index (κ3) is 3.49. The SMILES string of the molecule is CC(OC1CNCC(C(=O)O)C1)C(N)=O. The summed E-state index contributed by atoms with van der Waals surface area (Å²) in [6.07, 6.45) is -0.522. The molecule has 0 aromatic carbocycles. The van der Waals surface area contributed by atoms with Gasteiger partial charge in [-0.25, -0.2) is 0 Å². The number of hydrogen-bond acceptors (Lipinski definition) is 4. The summed E-state index contributed by atoms with van der Waals surface area (Å²) in [5, 5.41) is 11.8. The molecule has 1 aliphatic rings. The van der Waals surface area contributed by atoms with E-state index in [2.05, 4.69) is 5.32 Å². The summed E-state index contributed by atoms with van der Waals surface area (Å²) in [7, 11) is 0. The molecule has 86 valence electrons. The topological polar surface area (TPSA) is 102 Å². The number of amides is 1. The van der Waals surface area contributed by atoms with Crippen LogP contribution in [0.5, 0.6) is 0 Å². The standard InChI is InChI=1S/C9H16N2O4/c1-5(8(10)12)15-7-2-6(9(13)14)3-11-4-7/h5-7,11H,2-4H2,1H3,(H2,10,12)(H,13,14). The molecule has 6 heteroatoms. The number of carboxylic acids is 1. The number of carbonyl (C=O) groups excluding carboxylic acids is 1. The number of primary amides is 1. The molecular formula is C9H16N2O4. The van der Waals surface area contributed by atoms with E-state index in [1.165, 1.54) is 0 Å². The van der Waals surface area contributed by atoms with Gasteiger partial charge in [-0.2, -0.15) is 0 Å². The van der Waals surface area contributed by atoms with Gasteiger partial charge in [-0.1, -0.05) is 0 Å². The Kier molecular flexibility index (Phi) is 4.05. The van der Waals surface area contributed by atoms with E-state index in [0.717, 1.165) is 0 Å². The number of carboxylic acid groups (broad SMARTS) is 1. The zero-order valence-corrected chi connectivity index (χ0v) is 8.60. The first kappa shape index (κ1) is 11.9. The van der Waals surface area contributed by atoms with E-state index in [1.54, 1.807) is 6.92 Å². The highest BCUT2D eigenvalue weighted by Crippen LogP contribution is 2.15. The summed E-state index contributed by atoms with van der Waals surface area (Å²) in [5.74, 6) is -1.83. The quantitative estimate of drug-likeness (QED) is 0.556. The number of carbonyl (C=O) groups is 2. The molecule has 1 aliphatic heterocycles. The lowest BCUT2D eigenvalue weighted by atomic mass is 9.97. The second kappa shape index (κ2) is 5.09. The Morgan fingerprint density at radius 3 is 2.73 bits per heavy atom. The van der Waals surface area contributed by atoms with Gasteiger partial charge in [0.2, 0.25) is 5.91 Å². The molecule has 6 nitrogen and oxygen atoms in total. The van der Waals surface area contributed by atoms with Crippen LogP contribution in [0.1, 0.15) is 13.3 Å². The van der Waals surface area contributed by atoms with E-state index in [1.807, 2.05) is 0 Å². The number of ether oxygens (including phenoxy) is 1. The van der Waals surface area contributed by atoms with Crippen LogP contribution in [0.2, 0.25) is 0 Å². The second-order valence-corrected chi connectivity index (χ2v) is 3.73. The summed E-state index contributed by atoms with van der Waals surface area (Å²) in [4.78, 5) is 21.5.